The van der Waals surface area contributed by atoms with Crippen LogP contribution in [0.25, 0.3) is 0 Å². The fraction of sp³-hybridized carbons (Fsp3) is 0.0526. The van der Waals surface area contributed by atoms with Crippen LogP contribution in [-0.4, -0.2) is 18.0 Å². The van der Waals surface area contributed by atoms with Crippen LogP contribution >= 0.6 is 15.9 Å². The molecule has 126 valence electrons. The highest BCUT2D eigenvalue weighted by Crippen LogP contribution is 2.20. The van der Waals surface area contributed by atoms with Gasteiger partial charge in [-0.3, -0.25) is 4.79 Å². The van der Waals surface area contributed by atoms with Crippen molar-refractivity contribution in [2.75, 3.05) is 17.7 Å². The molecule has 0 saturated heterocycles. The van der Waals surface area contributed by atoms with E-state index in [2.05, 4.69) is 31.5 Å². The second kappa shape index (κ2) is 7.81. The van der Waals surface area contributed by atoms with Gasteiger partial charge in [-0.2, -0.15) is 0 Å². The zero-order chi connectivity index (χ0) is 17.6. The van der Waals surface area contributed by atoms with Gasteiger partial charge in [0.1, 0.15) is 11.6 Å². The molecule has 0 bridgehead atoms. The molecule has 2 aromatic carbocycles. The molecule has 1 heterocycles. The molecule has 3 aromatic rings. The maximum Gasteiger partial charge on any atom is 0.255 e. The van der Waals surface area contributed by atoms with Crippen molar-refractivity contribution in [3.8, 4) is 5.75 Å². The van der Waals surface area contributed by atoms with Gasteiger partial charge in [0, 0.05) is 15.7 Å². The minimum atomic E-state index is -0.197. The Hall–Kier alpha value is -2.86. The summed E-state index contributed by atoms with van der Waals surface area (Å²) in [5.74, 6) is 1.21. The number of methoxy groups -OCH3 is 1. The number of carbonyl (C=O) groups excluding carboxylic acids is 1. The van der Waals surface area contributed by atoms with Crippen molar-refractivity contribution >= 4 is 39.0 Å². The SMILES string of the molecule is COc1ccc(C(=O)Nc2ccc(Nc3cccc(Br)c3)nc2)cc1. The van der Waals surface area contributed by atoms with Gasteiger partial charge in [-0.1, -0.05) is 22.0 Å². The van der Waals surface area contributed by atoms with Crippen molar-refractivity contribution in [1.29, 1.82) is 0 Å². The Morgan fingerprint density at radius 3 is 2.48 bits per heavy atom. The number of nitrogens with one attached hydrogen (secondary N) is 2. The number of hydrogen-bond donors (Lipinski definition) is 2. The fourth-order valence-electron chi connectivity index (χ4n) is 2.20. The summed E-state index contributed by atoms with van der Waals surface area (Å²) in [4.78, 5) is 16.5. The van der Waals surface area contributed by atoms with E-state index in [-0.39, 0.29) is 5.91 Å². The van der Waals surface area contributed by atoms with Gasteiger partial charge in [0.2, 0.25) is 0 Å². The number of hydrogen-bond acceptors (Lipinski definition) is 4. The minimum Gasteiger partial charge on any atom is -0.497 e. The summed E-state index contributed by atoms with van der Waals surface area (Å²) in [6, 6.07) is 18.3. The topological polar surface area (TPSA) is 63.2 Å². The van der Waals surface area contributed by atoms with E-state index in [0.29, 0.717) is 22.8 Å². The highest BCUT2D eigenvalue weighted by atomic mass is 79.9. The van der Waals surface area contributed by atoms with E-state index in [0.717, 1.165) is 10.2 Å². The van der Waals surface area contributed by atoms with E-state index in [1.807, 2.05) is 30.3 Å². The van der Waals surface area contributed by atoms with Crippen LogP contribution in [0.3, 0.4) is 0 Å². The van der Waals surface area contributed by atoms with Crippen LogP contribution in [-0.2, 0) is 0 Å². The minimum absolute atomic E-state index is 0.197. The molecule has 0 unspecified atom stereocenters. The molecule has 6 heteroatoms. The molecule has 0 aliphatic rings. The van der Waals surface area contributed by atoms with Crippen molar-refractivity contribution in [1.82, 2.24) is 4.98 Å². The molecule has 1 aromatic heterocycles. The molecule has 0 saturated carbocycles. The first-order chi connectivity index (χ1) is 12.1. The van der Waals surface area contributed by atoms with Crippen LogP contribution in [0, 0.1) is 0 Å². The number of nitrogens with zero attached hydrogens (tertiary/aromatic N) is 1. The van der Waals surface area contributed by atoms with Gasteiger partial charge in [0.05, 0.1) is 19.0 Å². The molecule has 5 nitrogen and oxygen atoms in total. The van der Waals surface area contributed by atoms with Crippen molar-refractivity contribution in [2.24, 2.45) is 0 Å². The third-order valence-corrected chi connectivity index (χ3v) is 3.96. The fourth-order valence-corrected chi connectivity index (χ4v) is 2.60. The van der Waals surface area contributed by atoms with Gasteiger partial charge in [0.25, 0.3) is 5.91 Å². The lowest BCUT2D eigenvalue weighted by atomic mass is 10.2. The molecular weight excluding hydrogens is 382 g/mol. The number of anilines is 3. The normalized spacial score (nSPS) is 10.2. The Kier molecular flexibility index (Phi) is 5.30. The zero-order valence-corrected chi connectivity index (χ0v) is 15.1. The van der Waals surface area contributed by atoms with Crippen LogP contribution in [0.2, 0.25) is 0 Å². The predicted molar refractivity (Wildman–Crippen MR) is 103 cm³/mol. The molecule has 0 radical (unpaired) electrons. The van der Waals surface area contributed by atoms with E-state index in [9.17, 15) is 4.79 Å². The highest BCUT2D eigenvalue weighted by molar-refractivity contribution is 9.10. The summed E-state index contributed by atoms with van der Waals surface area (Å²) in [5.41, 5.74) is 2.11. The molecular formula is C19H16BrN3O2. The van der Waals surface area contributed by atoms with Gasteiger partial charge >= 0.3 is 0 Å². The van der Waals surface area contributed by atoms with Crippen molar-refractivity contribution in [3.05, 3.63) is 76.9 Å². The molecule has 0 aliphatic heterocycles. The average molecular weight is 398 g/mol. The molecule has 25 heavy (non-hydrogen) atoms. The van der Waals surface area contributed by atoms with E-state index in [1.54, 1.807) is 43.6 Å². The van der Waals surface area contributed by atoms with Crippen LogP contribution in [0.5, 0.6) is 5.75 Å². The second-order valence-electron chi connectivity index (χ2n) is 5.25. The molecule has 1 amide bonds. The number of carbonyl (C=O) groups is 1. The Bertz CT molecular complexity index is 865. The lowest BCUT2D eigenvalue weighted by Crippen LogP contribution is -2.12. The molecule has 0 aliphatic carbocycles. The molecule has 3 rings (SSSR count). The third kappa shape index (κ3) is 4.58. The predicted octanol–water partition coefficient (Wildman–Crippen LogP) is 4.85. The lowest BCUT2D eigenvalue weighted by Gasteiger charge is -2.08. The van der Waals surface area contributed by atoms with Gasteiger partial charge < -0.3 is 15.4 Å². The second-order valence-corrected chi connectivity index (χ2v) is 6.17. The Morgan fingerprint density at radius 2 is 1.84 bits per heavy atom. The number of ether oxygens (including phenoxy) is 1. The van der Waals surface area contributed by atoms with E-state index in [1.165, 1.54) is 0 Å². The highest BCUT2D eigenvalue weighted by Gasteiger charge is 2.07. The van der Waals surface area contributed by atoms with E-state index >= 15 is 0 Å². The average Bonchev–Trinajstić information content (AvgIpc) is 2.63. The Labute approximate surface area is 154 Å². The number of benzene rings is 2. The van der Waals surface area contributed by atoms with Crippen molar-refractivity contribution < 1.29 is 9.53 Å². The van der Waals surface area contributed by atoms with Crippen LogP contribution in [0.1, 0.15) is 10.4 Å². The standard InChI is InChI=1S/C19H16BrN3O2/c1-25-17-8-5-13(6-9-17)19(24)23-16-7-10-18(21-12-16)22-15-4-2-3-14(20)11-15/h2-12H,1H3,(H,21,22)(H,23,24). The summed E-state index contributed by atoms with van der Waals surface area (Å²) in [7, 11) is 1.59. The van der Waals surface area contributed by atoms with Crippen LogP contribution in [0.4, 0.5) is 17.2 Å². The Morgan fingerprint density at radius 1 is 1.04 bits per heavy atom. The third-order valence-electron chi connectivity index (χ3n) is 3.47. The van der Waals surface area contributed by atoms with E-state index < -0.39 is 0 Å². The van der Waals surface area contributed by atoms with Gasteiger partial charge in [-0.25, -0.2) is 4.98 Å². The number of pyridine rings is 1. The summed E-state index contributed by atoms with van der Waals surface area (Å²) in [6.45, 7) is 0. The first-order valence-corrected chi connectivity index (χ1v) is 8.37. The summed E-state index contributed by atoms with van der Waals surface area (Å²) < 4.78 is 6.07. The maximum absolute atomic E-state index is 12.2. The monoisotopic (exact) mass is 397 g/mol. The summed E-state index contributed by atoms with van der Waals surface area (Å²) in [6.07, 6.45) is 1.61. The molecule has 0 spiro atoms. The molecule has 0 fully saturated rings. The maximum atomic E-state index is 12.2. The first-order valence-electron chi connectivity index (χ1n) is 7.58. The number of aromatic nitrogens is 1. The van der Waals surface area contributed by atoms with Gasteiger partial charge in [-0.15, -0.1) is 0 Å². The van der Waals surface area contributed by atoms with Gasteiger partial charge in [-0.05, 0) is 54.6 Å². The van der Waals surface area contributed by atoms with Crippen LogP contribution in [0.15, 0.2) is 71.3 Å². The molecule has 2 N–H and O–H groups in total. The number of halogens is 1. The van der Waals surface area contributed by atoms with Gasteiger partial charge in [0.15, 0.2) is 0 Å². The molecule has 0 atom stereocenters. The first kappa shape index (κ1) is 17.0. The smallest absolute Gasteiger partial charge is 0.255 e. The number of amides is 1. The lowest BCUT2D eigenvalue weighted by molar-refractivity contribution is 0.102. The van der Waals surface area contributed by atoms with Crippen molar-refractivity contribution in [3.63, 3.8) is 0 Å². The van der Waals surface area contributed by atoms with E-state index in [4.69, 9.17) is 4.74 Å². The Balaban J connectivity index is 1.64. The van der Waals surface area contributed by atoms with Crippen LogP contribution < -0.4 is 15.4 Å². The zero-order valence-electron chi connectivity index (χ0n) is 13.5. The summed E-state index contributed by atoms with van der Waals surface area (Å²) in [5, 5.41) is 6.02. The number of rotatable bonds is 5. The van der Waals surface area contributed by atoms with Crippen molar-refractivity contribution in [2.45, 2.75) is 0 Å². The largest absolute Gasteiger partial charge is 0.497 e. The summed E-state index contributed by atoms with van der Waals surface area (Å²) >= 11 is 3.43. The quantitative estimate of drug-likeness (QED) is 0.645.